The predicted molar refractivity (Wildman–Crippen MR) is 72.8 cm³/mol. The van der Waals surface area contributed by atoms with Crippen molar-refractivity contribution >= 4 is 0 Å². The fourth-order valence-corrected chi connectivity index (χ4v) is 2.49. The minimum absolute atomic E-state index is 0.334. The van der Waals surface area contributed by atoms with Gasteiger partial charge in [-0.2, -0.15) is 0 Å². The van der Waals surface area contributed by atoms with Crippen molar-refractivity contribution < 1.29 is 9.84 Å². The molecule has 1 aromatic carbocycles. The summed E-state index contributed by atoms with van der Waals surface area (Å²) >= 11 is 0. The molecule has 0 saturated carbocycles. The Kier molecular flexibility index (Phi) is 5.02. The summed E-state index contributed by atoms with van der Waals surface area (Å²) in [5.41, 5.74) is 1.27. The van der Waals surface area contributed by atoms with E-state index in [4.69, 9.17) is 4.74 Å². The lowest BCUT2D eigenvalue weighted by Crippen LogP contribution is -2.38. The molecule has 1 aliphatic heterocycles. The number of nitrogens with one attached hydrogen (secondary N) is 1. The highest BCUT2D eigenvalue weighted by atomic mass is 16.5. The highest BCUT2D eigenvalue weighted by molar-refractivity contribution is 5.26. The van der Waals surface area contributed by atoms with Crippen molar-refractivity contribution in [1.82, 2.24) is 5.32 Å². The zero-order valence-corrected chi connectivity index (χ0v) is 11.1. The molecule has 3 heteroatoms. The van der Waals surface area contributed by atoms with Crippen molar-refractivity contribution in [3.8, 4) is 5.75 Å². The first kappa shape index (κ1) is 13.4. The number of hydrogen-bond acceptors (Lipinski definition) is 3. The van der Waals surface area contributed by atoms with Gasteiger partial charge in [0.1, 0.15) is 5.75 Å². The van der Waals surface area contributed by atoms with E-state index < -0.39 is 0 Å². The zero-order valence-electron chi connectivity index (χ0n) is 11.1. The van der Waals surface area contributed by atoms with Gasteiger partial charge in [0, 0.05) is 18.6 Å². The van der Waals surface area contributed by atoms with Crippen LogP contribution in [0.15, 0.2) is 24.3 Å². The van der Waals surface area contributed by atoms with Crippen LogP contribution < -0.4 is 5.32 Å². The Labute approximate surface area is 109 Å². The highest BCUT2D eigenvalue weighted by Crippen LogP contribution is 2.21. The van der Waals surface area contributed by atoms with Gasteiger partial charge < -0.3 is 15.2 Å². The summed E-state index contributed by atoms with van der Waals surface area (Å²) in [5, 5.41) is 12.9. The van der Waals surface area contributed by atoms with E-state index in [-0.39, 0.29) is 0 Å². The molecule has 2 unspecified atom stereocenters. The number of hydrogen-bond donors (Lipinski definition) is 2. The van der Waals surface area contributed by atoms with Gasteiger partial charge in [0.15, 0.2) is 0 Å². The molecule has 0 bridgehead atoms. The smallest absolute Gasteiger partial charge is 0.115 e. The van der Waals surface area contributed by atoms with E-state index >= 15 is 0 Å². The summed E-state index contributed by atoms with van der Waals surface area (Å²) in [4.78, 5) is 0. The van der Waals surface area contributed by atoms with Crippen LogP contribution in [0.3, 0.4) is 0 Å². The van der Waals surface area contributed by atoms with Crippen LogP contribution >= 0.6 is 0 Å². The fraction of sp³-hybridized carbons (Fsp3) is 0.600. The average Bonchev–Trinajstić information content (AvgIpc) is 2.90. The molecule has 2 rings (SSSR count). The van der Waals surface area contributed by atoms with Gasteiger partial charge in [-0.3, -0.25) is 0 Å². The Morgan fingerprint density at radius 1 is 1.39 bits per heavy atom. The van der Waals surface area contributed by atoms with E-state index in [1.807, 2.05) is 12.1 Å². The monoisotopic (exact) mass is 249 g/mol. The van der Waals surface area contributed by atoms with E-state index in [2.05, 4.69) is 12.2 Å². The Bertz CT molecular complexity index is 344. The summed E-state index contributed by atoms with van der Waals surface area (Å²) in [7, 11) is 0. The van der Waals surface area contributed by atoms with E-state index in [9.17, 15) is 5.11 Å². The number of phenolic OH excluding ortho intramolecular Hbond substituents is 1. The molecule has 0 spiro atoms. The quantitative estimate of drug-likeness (QED) is 0.813. The van der Waals surface area contributed by atoms with Crippen LogP contribution in [-0.4, -0.2) is 30.9 Å². The molecule has 3 nitrogen and oxygen atoms in total. The van der Waals surface area contributed by atoms with Crippen molar-refractivity contribution in [2.75, 3.05) is 19.8 Å². The van der Waals surface area contributed by atoms with Crippen molar-refractivity contribution in [2.24, 2.45) is 5.92 Å². The van der Waals surface area contributed by atoms with Gasteiger partial charge in [-0.25, -0.2) is 0 Å². The summed E-state index contributed by atoms with van der Waals surface area (Å²) in [5.74, 6) is 0.950. The minimum atomic E-state index is 0.334. The molecular formula is C15H23NO2. The maximum Gasteiger partial charge on any atom is 0.115 e. The third kappa shape index (κ3) is 3.72. The minimum Gasteiger partial charge on any atom is -0.508 e. The molecule has 100 valence electrons. The first-order valence-electron chi connectivity index (χ1n) is 6.88. The lowest BCUT2D eigenvalue weighted by atomic mass is 9.92. The average molecular weight is 249 g/mol. The summed E-state index contributed by atoms with van der Waals surface area (Å²) in [6.45, 7) is 5.01. The molecule has 0 radical (unpaired) electrons. The Morgan fingerprint density at radius 3 is 2.78 bits per heavy atom. The maximum absolute atomic E-state index is 9.31. The molecule has 2 N–H and O–H groups in total. The van der Waals surface area contributed by atoms with E-state index in [0.717, 1.165) is 39.0 Å². The molecule has 1 aromatic rings. The number of rotatable bonds is 6. The van der Waals surface area contributed by atoms with Crippen LogP contribution in [0.2, 0.25) is 0 Å². The second-order valence-electron chi connectivity index (χ2n) is 5.05. The lowest BCUT2D eigenvalue weighted by molar-refractivity contribution is 0.176. The van der Waals surface area contributed by atoms with Crippen LogP contribution in [0.4, 0.5) is 0 Å². The molecule has 0 aliphatic carbocycles. The van der Waals surface area contributed by atoms with Crippen LogP contribution in [-0.2, 0) is 11.2 Å². The van der Waals surface area contributed by atoms with Gasteiger partial charge in [0.2, 0.25) is 0 Å². The largest absolute Gasteiger partial charge is 0.508 e. The first-order chi connectivity index (χ1) is 8.79. The zero-order chi connectivity index (χ0) is 12.8. The molecular weight excluding hydrogens is 226 g/mol. The van der Waals surface area contributed by atoms with Crippen molar-refractivity contribution in [3.05, 3.63) is 29.8 Å². The predicted octanol–water partition coefficient (Wildman–Crippen LogP) is 2.34. The van der Waals surface area contributed by atoms with Gasteiger partial charge in [-0.15, -0.1) is 0 Å². The first-order valence-corrected chi connectivity index (χ1v) is 6.88. The van der Waals surface area contributed by atoms with Gasteiger partial charge >= 0.3 is 0 Å². The van der Waals surface area contributed by atoms with Crippen molar-refractivity contribution in [2.45, 2.75) is 32.2 Å². The number of aromatic hydroxyl groups is 1. The van der Waals surface area contributed by atoms with Crippen LogP contribution in [0.25, 0.3) is 0 Å². The lowest BCUT2D eigenvalue weighted by Gasteiger charge is -2.24. The normalized spacial score (nSPS) is 21.1. The highest BCUT2D eigenvalue weighted by Gasteiger charge is 2.25. The molecule has 18 heavy (non-hydrogen) atoms. The third-order valence-corrected chi connectivity index (χ3v) is 3.58. The van der Waals surface area contributed by atoms with Gasteiger partial charge in [-0.1, -0.05) is 19.1 Å². The van der Waals surface area contributed by atoms with Crippen molar-refractivity contribution in [1.29, 1.82) is 0 Å². The van der Waals surface area contributed by atoms with E-state index in [1.54, 1.807) is 12.1 Å². The second-order valence-corrected chi connectivity index (χ2v) is 5.05. The Balaban J connectivity index is 1.97. The number of phenols is 1. The van der Waals surface area contributed by atoms with Gasteiger partial charge in [0.25, 0.3) is 0 Å². The second kappa shape index (κ2) is 6.76. The Hall–Kier alpha value is -1.06. The number of benzene rings is 1. The molecule has 0 amide bonds. The fourth-order valence-electron chi connectivity index (χ4n) is 2.49. The number of ether oxygens (including phenoxy) is 1. The molecule has 1 saturated heterocycles. The summed E-state index contributed by atoms with van der Waals surface area (Å²) in [6.07, 6.45) is 3.31. The van der Waals surface area contributed by atoms with Crippen LogP contribution in [0.5, 0.6) is 5.75 Å². The van der Waals surface area contributed by atoms with E-state index in [1.165, 1.54) is 5.56 Å². The SMILES string of the molecule is CCCNC(Cc1ccc(O)cc1)C1CCOC1. The van der Waals surface area contributed by atoms with E-state index in [0.29, 0.717) is 17.7 Å². The van der Waals surface area contributed by atoms with Gasteiger partial charge in [-0.05, 0) is 43.5 Å². The molecule has 1 fully saturated rings. The topological polar surface area (TPSA) is 41.5 Å². The molecule has 0 aromatic heterocycles. The Morgan fingerprint density at radius 2 is 2.17 bits per heavy atom. The van der Waals surface area contributed by atoms with Crippen molar-refractivity contribution in [3.63, 3.8) is 0 Å². The standard InChI is InChI=1S/C15H23NO2/c1-2-8-16-15(13-7-9-18-11-13)10-12-3-5-14(17)6-4-12/h3-6,13,15-17H,2,7-11H2,1H3. The summed E-state index contributed by atoms with van der Waals surface area (Å²) in [6, 6.07) is 8.02. The summed E-state index contributed by atoms with van der Waals surface area (Å²) < 4.78 is 5.49. The molecule has 1 heterocycles. The third-order valence-electron chi connectivity index (χ3n) is 3.58. The maximum atomic E-state index is 9.31. The molecule has 1 aliphatic rings. The van der Waals surface area contributed by atoms with Crippen LogP contribution in [0.1, 0.15) is 25.3 Å². The van der Waals surface area contributed by atoms with Gasteiger partial charge in [0.05, 0.1) is 6.61 Å². The molecule has 2 atom stereocenters. The van der Waals surface area contributed by atoms with Crippen LogP contribution in [0, 0.1) is 5.92 Å².